The minimum Gasteiger partial charge on any atom is -0.507 e. The number of ketones is 1. The van der Waals surface area contributed by atoms with Crippen LogP contribution in [0.4, 0.5) is 0 Å². The number of Topliss-reactive ketones (excluding diaryl/α,β-unsaturated/α-hetero) is 1. The molecule has 0 amide bonds. The van der Waals surface area contributed by atoms with Crippen molar-refractivity contribution in [1.29, 1.82) is 0 Å². The number of carbonyl (C=O) groups is 1. The second kappa shape index (κ2) is 8.42. The van der Waals surface area contributed by atoms with Crippen LogP contribution in [0.1, 0.15) is 100 Å². The van der Waals surface area contributed by atoms with Crippen LogP contribution >= 0.6 is 0 Å². The summed E-state index contributed by atoms with van der Waals surface area (Å²) in [6.45, 7) is 16.7. The maximum Gasteiger partial charge on any atom is 0.136 e. The van der Waals surface area contributed by atoms with Gasteiger partial charge in [-0.3, -0.25) is 4.79 Å². The summed E-state index contributed by atoms with van der Waals surface area (Å²) in [6, 6.07) is 8.16. The zero-order valence-corrected chi connectivity index (χ0v) is 20.9. The van der Waals surface area contributed by atoms with Gasteiger partial charge >= 0.3 is 0 Å². The first-order valence-electron chi connectivity index (χ1n) is 11.6. The summed E-state index contributed by atoms with van der Waals surface area (Å²) in [4.78, 5) is 12.0. The van der Waals surface area contributed by atoms with Crippen LogP contribution in [0.25, 0.3) is 0 Å². The SMILES string of the molecule is Cc1cc(C(C2=CCC(=O)CC2)c2cc(C)cc(C(C)(C)C)c2O)c(O)c(C(C)(C)C)c1. The lowest BCUT2D eigenvalue weighted by Crippen LogP contribution is -2.18. The maximum absolute atomic E-state index is 12.0. The molecule has 0 spiro atoms. The predicted molar refractivity (Wildman–Crippen MR) is 132 cm³/mol. The van der Waals surface area contributed by atoms with Gasteiger partial charge in [0.2, 0.25) is 0 Å². The Balaban J connectivity index is 2.36. The summed E-state index contributed by atoms with van der Waals surface area (Å²) in [5, 5.41) is 23.0. The van der Waals surface area contributed by atoms with Gasteiger partial charge in [-0.15, -0.1) is 0 Å². The second-order valence-electron chi connectivity index (χ2n) is 11.5. The van der Waals surface area contributed by atoms with Gasteiger partial charge in [0.05, 0.1) is 0 Å². The largest absolute Gasteiger partial charge is 0.507 e. The van der Waals surface area contributed by atoms with Crippen LogP contribution in [0.5, 0.6) is 11.5 Å². The van der Waals surface area contributed by atoms with Gasteiger partial charge in [-0.05, 0) is 42.2 Å². The number of benzene rings is 2. The third-order valence-corrected chi connectivity index (χ3v) is 6.46. The second-order valence-corrected chi connectivity index (χ2v) is 11.5. The third kappa shape index (κ3) is 4.77. The zero-order valence-electron chi connectivity index (χ0n) is 20.9. The molecule has 0 radical (unpaired) electrons. The van der Waals surface area contributed by atoms with E-state index in [-0.39, 0.29) is 34.0 Å². The van der Waals surface area contributed by atoms with Crippen molar-refractivity contribution in [2.24, 2.45) is 0 Å². The van der Waals surface area contributed by atoms with Crippen molar-refractivity contribution in [2.45, 2.75) is 91.4 Å². The number of phenolic OH excluding ortho intramolecular Hbond substituents is 2. The summed E-state index contributed by atoms with van der Waals surface area (Å²) in [5.74, 6) is 0.499. The Hall–Kier alpha value is -2.55. The Bertz CT molecular complexity index is 1010. The average molecular weight is 435 g/mol. The van der Waals surface area contributed by atoms with E-state index in [9.17, 15) is 15.0 Å². The van der Waals surface area contributed by atoms with Crippen molar-refractivity contribution in [3.63, 3.8) is 0 Å². The molecule has 0 unspecified atom stereocenters. The first-order chi connectivity index (χ1) is 14.7. The molecule has 32 heavy (non-hydrogen) atoms. The number of carbonyl (C=O) groups excluding carboxylic acids is 1. The van der Waals surface area contributed by atoms with Crippen LogP contribution in [-0.2, 0) is 15.6 Å². The van der Waals surface area contributed by atoms with Crippen LogP contribution in [0.3, 0.4) is 0 Å². The predicted octanol–water partition coefficient (Wildman–Crippen LogP) is 7.12. The van der Waals surface area contributed by atoms with Crippen LogP contribution in [0.2, 0.25) is 0 Å². The Labute approximate surface area is 193 Å². The van der Waals surface area contributed by atoms with Crippen molar-refractivity contribution in [3.8, 4) is 11.5 Å². The lowest BCUT2D eigenvalue weighted by atomic mass is 9.74. The molecule has 0 atom stereocenters. The van der Waals surface area contributed by atoms with Gasteiger partial charge in [0.1, 0.15) is 17.3 Å². The number of allylic oxidation sites excluding steroid dienone is 2. The minimum atomic E-state index is -0.301. The summed E-state index contributed by atoms with van der Waals surface area (Å²) in [5.41, 5.74) is 6.18. The van der Waals surface area contributed by atoms with Gasteiger partial charge in [-0.2, -0.15) is 0 Å². The number of phenols is 2. The first-order valence-corrected chi connectivity index (χ1v) is 11.6. The Morgan fingerprint density at radius 1 is 0.750 bits per heavy atom. The topological polar surface area (TPSA) is 57.5 Å². The van der Waals surface area contributed by atoms with Crippen LogP contribution in [0.15, 0.2) is 35.9 Å². The van der Waals surface area contributed by atoms with Crippen molar-refractivity contribution >= 4 is 5.78 Å². The molecule has 1 aliphatic rings. The van der Waals surface area contributed by atoms with Gasteiger partial charge in [-0.1, -0.05) is 88.6 Å². The van der Waals surface area contributed by atoms with Gasteiger partial charge in [0.15, 0.2) is 0 Å². The van der Waals surface area contributed by atoms with Gasteiger partial charge in [0.25, 0.3) is 0 Å². The molecular weight excluding hydrogens is 396 g/mol. The summed E-state index contributed by atoms with van der Waals surface area (Å²) in [7, 11) is 0. The molecule has 0 saturated heterocycles. The van der Waals surface area contributed by atoms with E-state index in [0.717, 1.165) is 39.0 Å². The van der Waals surface area contributed by atoms with Gasteiger partial charge in [0, 0.05) is 29.9 Å². The first kappa shape index (κ1) is 24.1. The highest BCUT2D eigenvalue weighted by atomic mass is 16.3. The summed E-state index contributed by atoms with van der Waals surface area (Å²) < 4.78 is 0. The Kier molecular flexibility index (Phi) is 6.34. The molecule has 172 valence electrons. The quantitative estimate of drug-likeness (QED) is 0.506. The molecule has 3 heteroatoms. The van der Waals surface area contributed by atoms with Crippen molar-refractivity contribution < 1.29 is 15.0 Å². The number of hydrogen-bond donors (Lipinski definition) is 2. The Morgan fingerprint density at radius 2 is 1.19 bits per heavy atom. The fraction of sp³-hybridized carbons (Fsp3) is 0.483. The van der Waals surface area contributed by atoms with Crippen LogP contribution < -0.4 is 0 Å². The maximum atomic E-state index is 12.0. The van der Waals surface area contributed by atoms with Gasteiger partial charge < -0.3 is 10.2 Å². The standard InChI is InChI=1S/C29H38O3/c1-17-13-21(26(31)23(15-17)28(3,4)5)25(19-9-11-20(30)12-10-19)22-14-18(2)16-24(27(22)32)29(6,7)8/h9,13-16,25,31-32H,10-12H2,1-8H3. The van der Waals surface area contributed by atoms with E-state index in [4.69, 9.17) is 0 Å². The smallest absolute Gasteiger partial charge is 0.136 e. The molecule has 0 aliphatic heterocycles. The van der Waals surface area contributed by atoms with Crippen molar-refractivity contribution in [1.82, 2.24) is 0 Å². The highest BCUT2D eigenvalue weighted by Crippen LogP contribution is 2.48. The fourth-order valence-electron chi connectivity index (χ4n) is 4.76. The minimum absolute atomic E-state index is 0.225. The van der Waals surface area contributed by atoms with E-state index in [1.807, 2.05) is 44.2 Å². The number of aromatic hydroxyl groups is 2. The molecular formula is C29H38O3. The molecule has 0 aromatic heterocycles. The lowest BCUT2D eigenvalue weighted by molar-refractivity contribution is -0.118. The highest BCUT2D eigenvalue weighted by Gasteiger charge is 2.32. The average Bonchev–Trinajstić information content (AvgIpc) is 2.66. The van der Waals surface area contributed by atoms with E-state index in [1.165, 1.54) is 0 Å². The molecule has 1 aliphatic carbocycles. The molecule has 0 heterocycles. The van der Waals surface area contributed by atoms with Gasteiger partial charge in [-0.25, -0.2) is 0 Å². The summed E-state index contributed by atoms with van der Waals surface area (Å²) >= 11 is 0. The summed E-state index contributed by atoms with van der Waals surface area (Å²) in [6.07, 6.45) is 3.55. The van der Waals surface area contributed by atoms with Crippen molar-refractivity contribution in [2.75, 3.05) is 0 Å². The normalized spacial score (nSPS) is 15.3. The zero-order chi connectivity index (χ0) is 24.0. The van der Waals surface area contributed by atoms with Crippen LogP contribution in [-0.4, -0.2) is 16.0 Å². The number of hydrogen-bond acceptors (Lipinski definition) is 3. The molecule has 0 fully saturated rings. The molecule has 3 nitrogen and oxygen atoms in total. The molecule has 3 rings (SSSR count). The third-order valence-electron chi connectivity index (χ3n) is 6.46. The monoisotopic (exact) mass is 434 g/mol. The molecule has 2 N–H and O–H groups in total. The van der Waals surface area contributed by atoms with Crippen molar-refractivity contribution in [3.05, 3.63) is 69.3 Å². The fourth-order valence-corrected chi connectivity index (χ4v) is 4.76. The molecule has 2 aromatic carbocycles. The Morgan fingerprint density at radius 3 is 1.53 bits per heavy atom. The van der Waals surface area contributed by atoms with E-state index in [2.05, 4.69) is 41.5 Å². The molecule has 0 bridgehead atoms. The number of aryl methyl sites for hydroxylation is 2. The lowest BCUT2D eigenvalue weighted by Gasteiger charge is -2.31. The van der Waals surface area contributed by atoms with E-state index in [0.29, 0.717) is 19.3 Å². The highest BCUT2D eigenvalue weighted by molar-refractivity contribution is 5.81. The van der Waals surface area contributed by atoms with Crippen LogP contribution in [0, 0.1) is 13.8 Å². The number of rotatable bonds is 3. The van der Waals surface area contributed by atoms with E-state index < -0.39 is 0 Å². The van der Waals surface area contributed by atoms with E-state index >= 15 is 0 Å². The van der Waals surface area contributed by atoms with E-state index in [1.54, 1.807) is 0 Å². The molecule has 2 aromatic rings. The molecule has 0 saturated carbocycles.